The minimum absolute atomic E-state index is 0.379. The molecule has 5 rings (SSSR count). The highest BCUT2D eigenvalue weighted by Crippen LogP contribution is 2.19. The standard InChI is InChI=1S/C32H32B2N2O4/c1-25-11-3-7-15-29(25)33-37-21-19-35-24-28-14-6-10-18-32(28)40-34(30-16-8-4-12-26(30)2)38-22-20-36-23-27-13-5-9-17-31(27)39-33/h3-18,23-24H,19-22H2,1-2H3. The fourth-order valence-corrected chi connectivity index (χ4v) is 4.45. The van der Waals surface area contributed by atoms with E-state index < -0.39 is 14.2 Å². The lowest BCUT2D eigenvalue weighted by molar-refractivity contribution is 0.283. The Morgan fingerprint density at radius 3 is 1.38 bits per heavy atom. The van der Waals surface area contributed by atoms with Gasteiger partial charge < -0.3 is 18.6 Å². The maximum Gasteiger partial charge on any atom is 0.563 e. The van der Waals surface area contributed by atoms with Crippen molar-refractivity contribution in [3.8, 4) is 11.5 Å². The van der Waals surface area contributed by atoms with Crippen molar-refractivity contribution in [2.24, 2.45) is 9.98 Å². The molecule has 200 valence electrons. The summed E-state index contributed by atoms with van der Waals surface area (Å²) in [5.41, 5.74) is 5.87. The molecule has 0 aliphatic carbocycles. The van der Waals surface area contributed by atoms with Crippen molar-refractivity contribution in [2.75, 3.05) is 26.3 Å². The van der Waals surface area contributed by atoms with Crippen LogP contribution in [0.5, 0.6) is 11.5 Å². The van der Waals surface area contributed by atoms with Gasteiger partial charge in [-0.2, -0.15) is 0 Å². The number of para-hydroxylation sites is 2. The Bertz CT molecular complexity index is 1370. The monoisotopic (exact) mass is 530 g/mol. The SMILES string of the molecule is Cc1ccccc1B1OCCN=Cc2ccccc2OB(c2ccccc2C)OCCN=Cc2ccccc2O1. The number of aliphatic imine (C=N–C) groups is 2. The first-order valence-corrected chi connectivity index (χ1v) is 13.5. The highest BCUT2D eigenvalue weighted by molar-refractivity contribution is 6.63. The van der Waals surface area contributed by atoms with E-state index in [1.54, 1.807) is 0 Å². The minimum atomic E-state index is -0.585. The van der Waals surface area contributed by atoms with Crippen molar-refractivity contribution >= 4 is 37.6 Å². The van der Waals surface area contributed by atoms with E-state index in [1.165, 1.54) is 0 Å². The fraction of sp³-hybridized carbons (Fsp3) is 0.188. The van der Waals surface area contributed by atoms with Crippen molar-refractivity contribution < 1.29 is 18.6 Å². The van der Waals surface area contributed by atoms with Crippen LogP contribution in [0.3, 0.4) is 0 Å². The van der Waals surface area contributed by atoms with Gasteiger partial charge in [0.2, 0.25) is 0 Å². The van der Waals surface area contributed by atoms with Crippen LogP contribution in [0.1, 0.15) is 22.3 Å². The molecule has 4 aromatic rings. The van der Waals surface area contributed by atoms with Gasteiger partial charge in [0, 0.05) is 23.6 Å². The van der Waals surface area contributed by atoms with Gasteiger partial charge >= 0.3 is 14.2 Å². The molecule has 0 saturated carbocycles. The first-order valence-electron chi connectivity index (χ1n) is 13.5. The number of hydrogen-bond donors (Lipinski definition) is 0. The highest BCUT2D eigenvalue weighted by atomic mass is 16.6. The fourth-order valence-electron chi connectivity index (χ4n) is 4.45. The molecule has 0 amide bonds. The molecule has 4 aromatic carbocycles. The van der Waals surface area contributed by atoms with Gasteiger partial charge in [-0.25, -0.2) is 0 Å². The zero-order valence-corrected chi connectivity index (χ0v) is 22.9. The number of nitrogens with zero attached hydrogens (tertiary/aromatic N) is 2. The molecule has 6 nitrogen and oxygen atoms in total. The van der Waals surface area contributed by atoms with E-state index in [0.29, 0.717) is 37.8 Å². The lowest BCUT2D eigenvalue weighted by Crippen LogP contribution is -2.42. The Morgan fingerprint density at radius 2 is 0.925 bits per heavy atom. The Labute approximate surface area is 237 Å². The zero-order valence-electron chi connectivity index (χ0n) is 22.9. The van der Waals surface area contributed by atoms with Gasteiger partial charge in [0.1, 0.15) is 11.5 Å². The van der Waals surface area contributed by atoms with E-state index in [-0.39, 0.29) is 0 Å². The van der Waals surface area contributed by atoms with Crippen LogP contribution < -0.4 is 20.2 Å². The van der Waals surface area contributed by atoms with Gasteiger partial charge in [0.05, 0.1) is 26.3 Å². The summed E-state index contributed by atoms with van der Waals surface area (Å²) >= 11 is 0. The Kier molecular flexibility index (Phi) is 9.46. The maximum absolute atomic E-state index is 6.44. The van der Waals surface area contributed by atoms with Crippen LogP contribution in [0.2, 0.25) is 0 Å². The molecule has 0 spiro atoms. The second-order valence-corrected chi connectivity index (χ2v) is 9.50. The van der Waals surface area contributed by atoms with Crippen LogP contribution in [0.25, 0.3) is 0 Å². The average molecular weight is 530 g/mol. The summed E-state index contributed by atoms with van der Waals surface area (Å²) < 4.78 is 25.4. The average Bonchev–Trinajstić information content (AvgIpc) is 2.97. The van der Waals surface area contributed by atoms with Gasteiger partial charge in [0.25, 0.3) is 0 Å². The first kappa shape index (κ1) is 27.4. The summed E-state index contributed by atoms with van der Waals surface area (Å²) in [6.07, 6.45) is 3.64. The molecule has 0 fully saturated rings. The lowest BCUT2D eigenvalue weighted by atomic mass is 9.75. The number of benzene rings is 4. The largest absolute Gasteiger partial charge is 0.563 e. The van der Waals surface area contributed by atoms with Gasteiger partial charge in [-0.1, -0.05) is 83.9 Å². The molecule has 0 atom stereocenters. The van der Waals surface area contributed by atoms with Crippen LogP contribution in [0.4, 0.5) is 0 Å². The van der Waals surface area contributed by atoms with Crippen molar-refractivity contribution in [1.29, 1.82) is 0 Å². The van der Waals surface area contributed by atoms with E-state index in [1.807, 2.05) is 97.4 Å². The number of fused-ring (bicyclic) bond motifs is 2. The van der Waals surface area contributed by atoms with Gasteiger partial charge in [-0.05, 0) is 49.0 Å². The quantitative estimate of drug-likeness (QED) is 0.360. The molecule has 8 heteroatoms. The van der Waals surface area contributed by atoms with Crippen molar-refractivity contribution in [3.63, 3.8) is 0 Å². The van der Waals surface area contributed by atoms with E-state index in [0.717, 1.165) is 33.2 Å². The zero-order chi connectivity index (χ0) is 27.6. The Hall–Kier alpha value is -4.13. The van der Waals surface area contributed by atoms with E-state index in [4.69, 9.17) is 18.6 Å². The van der Waals surface area contributed by atoms with Crippen LogP contribution in [0.15, 0.2) is 107 Å². The molecule has 0 radical (unpaired) electrons. The van der Waals surface area contributed by atoms with E-state index >= 15 is 0 Å². The lowest BCUT2D eigenvalue weighted by Gasteiger charge is -2.19. The topological polar surface area (TPSA) is 61.6 Å². The maximum atomic E-state index is 6.44. The summed E-state index contributed by atoms with van der Waals surface area (Å²) in [4.78, 5) is 9.28. The van der Waals surface area contributed by atoms with E-state index in [2.05, 4.69) is 36.0 Å². The molecule has 0 aromatic heterocycles. The molecule has 0 saturated heterocycles. The third-order valence-electron chi connectivity index (χ3n) is 6.63. The van der Waals surface area contributed by atoms with Crippen molar-refractivity contribution in [1.82, 2.24) is 0 Å². The molecule has 0 bridgehead atoms. The number of aryl methyl sites for hydroxylation is 2. The molecule has 1 aliphatic rings. The number of hydrogen-bond acceptors (Lipinski definition) is 6. The second kappa shape index (κ2) is 13.8. The summed E-state index contributed by atoms with van der Waals surface area (Å²) in [6, 6.07) is 31.8. The third kappa shape index (κ3) is 7.08. The first-order chi connectivity index (χ1) is 19.7. The molecule has 40 heavy (non-hydrogen) atoms. The molecule has 1 heterocycles. The second-order valence-electron chi connectivity index (χ2n) is 9.50. The third-order valence-corrected chi connectivity index (χ3v) is 6.63. The van der Waals surface area contributed by atoms with Crippen molar-refractivity contribution in [3.05, 3.63) is 119 Å². The van der Waals surface area contributed by atoms with Gasteiger partial charge in [0.15, 0.2) is 0 Å². The predicted molar refractivity (Wildman–Crippen MR) is 164 cm³/mol. The molecule has 1 aliphatic heterocycles. The molecule has 0 N–H and O–H groups in total. The molecular weight excluding hydrogens is 498 g/mol. The smallest absolute Gasteiger partial charge is 0.532 e. The summed E-state index contributed by atoms with van der Waals surface area (Å²) in [7, 11) is -1.17. The van der Waals surface area contributed by atoms with Crippen LogP contribution >= 0.6 is 0 Å². The summed E-state index contributed by atoms with van der Waals surface area (Å²) in [5.74, 6) is 1.39. The minimum Gasteiger partial charge on any atom is -0.532 e. The highest BCUT2D eigenvalue weighted by Gasteiger charge is 2.27. The number of rotatable bonds is 2. The van der Waals surface area contributed by atoms with Crippen LogP contribution in [0, 0.1) is 13.8 Å². The van der Waals surface area contributed by atoms with Crippen LogP contribution in [-0.2, 0) is 9.31 Å². The van der Waals surface area contributed by atoms with E-state index in [9.17, 15) is 0 Å². The summed E-state index contributed by atoms with van der Waals surface area (Å²) in [6.45, 7) is 5.79. The normalized spacial score (nSPS) is 14.8. The molecular formula is C32H32B2N2O4. The van der Waals surface area contributed by atoms with Gasteiger partial charge in [-0.3, -0.25) is 9.98 Å². The summed E-state index contributed by atoms with van der Waals surface area (Å²) in [5, 5.41) is 0. The Balaban J connectivity index is 1.45. The van der Waals surface area contributed by atoms with Crippen LogP contribution in [-0.4, -0.2) is 53.0 Å². The Morgan fingerprint density at radius 1 is 0.525 bits per heavy atom. The molecule has 0 unspecified atom stereocenters. The van der Waals surface area contributed by atoms with Gasteiger partial charge in [-0.15, -0.1) is 0 Å². The predicted octanol–water partition coefficient (Wildman–Crippen LogP) is 4.44. The van der Waals surface area contributed by atoms with Crippen molar-refractivity contribution in [2.45, 2.75) is 13.8 Å².